The van der Waals surface area contributed by atoms with Crippen LogP contribution in [0.4, 0.5) is 5.69 Å². The average Bonchev–Trinajstić information content (AvgIpc) is 3.20. The topological polar surface area (TPSA) is 94.0 Å². The Morgan fingerprint density at radius 2 is 2.45 bits per heavy atom. The Hall–Kier alpha value is -2.48. The molecule has 2 heterocycles. The molecule has 1 aliphatic heterocycles. The highest BCUT2D eigenvalue weighted by atomic mass is 16.5. The second kappa shape index (κ2) is 6.52. The van der Waals surface area contributed by atoms with Crippen molar-refractivity contribution in [1.29, 1.82) is 0 Å². The van der Waals surface area contributed by atoms with Crippen LogP contribution < -0.4 is 15.4 Å². The first-order valence-corrected chi connectivity index (χ1v) is 7.21. The van der Waals surface area contributed by atoms with E-state index in [-0.39, 0.29) is 11.9 Å². The van der Waals surface area contributed by atoms with Gasteiger partial charge in [-0.1, -0.05) is 0 Å². The normalized spacial score (nSPS) is 17.4. The highest BCUT2D eigenvalue weighted by molar-refractivity contribution is 5.91. The van der Waals surface area contributed by atoms with Gasteiger partial charge in [-0.05, 0) is 48.0 Å². The number of hydrogen-bond acceptors (Lipinski definition) is 6. The van der Waals surface area contributed by atoms with Crippen molar-refractivity contribution < 1.29 is 9.53 Å². The number of carbonyl (C=O) groups is 1. The van der Waals surface area contributed by atoms with Gasteiger partial charge >= 0.3 is 0 Å². The second-order valence-corrected chi connectivity index (χ2v) is 5.19. The fraction of sp³-hybridized carbons (Fsp3) is 0.429. The zero-order chi connectivity index (χ0) is 15.4. The minimum absolute atomic E-state index is 0.00719. The van der Waals surface area contributed by atoms with E-state index in [0.717, 1.165) is 19.4 Å². The van der Waals surface area contributed by atoms with Crippen LogP contribution in [0.25, 0.3) is 5.69 Å². The summed E-state index contributed by atoms with van der Waals surface area (Å²) in [5.74, 6) is 0.620. The van der Waals surface area contributed by atoms with E-state index in [2.05, 4.69) is 26.2 Å². The van der Waals surface area contributed by atoms with Crippen molar-refractivity contribution in [2.24, 2.45) is 0 Å². The summed E-state index contributed by atoms with van der Waals surface area (Å²) >= 11 is 0. The molecule has 1 fully saturated rings. The number of benzene rings is 1. The molecule has 116 valence electrons. The highest BCUT2D eigenvalue weighted by Crippen LogP contribution is 2.25. The predicted molar refractivity (Wildman–Crippen MR) is 80.0 cm³/mol. The number of hydrogen-bond donors (Lipinski definition) is 2. The van der Waals surface area contributed by atoms with E-state index in [1.807, 2.05) is 0 Å². The van der Waals surface area contributed by atoms with Crippen molar-refractivity contribution in [3.8, 4) is 11.4 Å². The number of tetrazole rings is 1. The average molecular weight is 302 g/mol. The molecular formula is C14H18N6O2. The fourth-order valence-corrected chi connectivity index (χ4v) is 2.59. The van der Waals surface area contributed by atoms with Crippen LogP contribution >= 0.6 is 0 Å². The number of rotatable bonds is 5. The SMILES string of the molecule is COc1ccc(NC(=O)CC2CCCN2)cc1-n1cnnn1. The number of nitrogens with zero attached hydrogens (tertiary/aromatic N) is 4. The van der Waals surface area contributed by atoms with Gasteiger partial charge in [0.2, 0.25) is 5.91 Å². The van der Waals surface area contributed by atoms with E-state index in [1.54, 1.807) is 25.3 Å². The van der Waals surface area contributed by atoms with Gasteiger partial charge in [0.1, 0.15) is 17.8 Å². The van der Waals surface area contributed by atoms with Crippen LogP contribution in [0.2, 0.25) is 0 Å². The minimum Gasteiger partial charge on any atom is -0.494 e. The molecule has 3 rings (SSSR count). The van der Waals surface area contributed by atoms with Crippen LogP contribution in [0.3, 0.4) is 0 Å². The molecule has 8 heteroatoms. The molecule has 0 radical (unpaired) electrons. The number of ether oxygens (including phenoxy) is 1. The summed E-state index contributed by atoms with van der Waals surface area (Å²) in [6, 6.07) is 5.64. The summed E-state index contributed by atoms with van der Waals surface area (Å²) in [5, 5.41) is 17.3. The molecule has 1 aliphatic rings. The maximum absolute atomic E-state index is 12.1. The van der Waals surface area contributed by atoms with Gasteiger partial charge in [0, 0.05) is 18.2 Å². The molecule has 8 nitrogen and oxygen atoms in total. The summed E-state index contributed by atoms with van der Waals surface area (Å²) in [4.78, 5) is 12.1. The quantitative estimate of drug-likeness (QED) is 0.846. The van der Waals surface area contributed by atoms with Crippen molar-refractivity contribution in [2.75, 3.05) is 19.0 Å². The molecule has 1 saturated heterocycles. The van der Waals surface area contributed by atoms with Crippen molar-refractivity contribution in [3.05, 3.63) is 24.5 Å². The van der Waals surface area contributed by atoms with E-state index in [0.29, 0.717) is 23.5 Å². The third kappa shape index (κ3) is 3.22. The number of aromatic nitrogens is 4. The zero-order valence-electron chi connectivity index (χ0n) is 12.3. The van der Waals surface area contributed by atoms with E-state index in [9.17, 15) is 4.79 Å². The van der Waals surface area contributed by atoms with E-state index in [4.69, 9.17) is 4.74 Å². The molecule has 1 aromatic carbocycles. The molecule has 22 heavy (non-hydrogen) atoms. The summed E-state index contributed by atoms with van der Waals surface area (Å²) in [6.07, 6.45) is 4.13. The second-order valence-electron chi connectivity index (χ2n) is 5.19. The lowest BCUT2D eigenvalue weighted by atomic mass is 10.1. The Bertz CT molecular complexity index is 637. The molecule has 0 saturated carbocycles. The largest absolute Gasteiger partial charge is 0.494 e. The Balaban J connectivity index is 1.73. The lowest BCUT2D eigenvalue weighted by Crippen LogP contribution is -2.27. The highest BCUT2D eigenvalue weighted by Gasteiger charge is 2.18. The standard InChI is InChI=1S/C14H18N6O2/c1-22-13-5-4-11(7-12(13)20-9-16-18-19-20)17-14(21)8-10-3-2-6-15-10/h4-5,7,9-10,15H,2-3,6,8H2,1H3,(H,17,21). The lowest BCUT2D eigenvalue weighted by molar-refractivity contribution is -0.116. The molecule has 1 atom stereocenters. The molecule has 2 aromatic rings. The Morgan fingerprint density at radius 1 is 1.55 bits per heavy atom. The van der Waals surface area contributed by atoms with Crippen LogP contribution in [-0.4, -0.2) is 45.8 Å². The predicted octanol–water partition coefficient (Wildman–Crippen LogP) is 0.751. The van der Waals surface area contributed by atoms with Gasteiger partial charge in [-0.2, -0.15) is 4.68 Å². The molecule has 1 unspecified atom stereocenters. The summed E-state index contributed by atoms with van der Waals surface area (Å²) in [5.41, 5.74) is 1.36. The molecule has 0 bridgehead atoms. The maximum Gasteiger partial charge on any atom is 0.225 e. The minimum atomic E-state index is -0.00719. The van der Waals surface area contributed by atoms with E-state index in [1.165, 1.54) is 11.0 Å². The van der Waals surface area contributed by atoms with E-state index >= 15 is 0 Å². The van der Waals surface area contributed by atoms with Gasteiger partial charge in [-0.25, -0.2) is 0 Å². The summed E-state index contributed by atoms with van der Waals surface area (Å²) in [6.45, 7) is 0.990. The smallest absolute Gasteiger partial charge is 0.225 e. The van der Waals surface area contributed by atoms with Gasteiger partial charge < -0.3 is 15.4 Å². The third-order valence-corrected chi connectivity index (χ3v) is 3.65. The number of methoxy groups -OCH3 is 1. The Kier molecular flexibility index (Phi) is 4.29. The van der Waals surface area contributed by atoms with Gasteiger partial charge in [0.05, 0.1) is 7.11 Å². The molecule has 0 spiro atoms. The van der Waals surface area contributed by atoms with Gasteiger partial charge in [0.15, 0.2) is 0 Å². The molecule has 1 aromatic heterocycles. The monoisotopic (exact) mass is 302 g/mol. The van der Waals surface area contributed by atoms with Crippen LogP contribution in [0.15, 0.2) is 24.5 Å². The first-order chi connectivity index (χ1) is 10.8. The molecular weight excluding hydrogens is 284 g/mol. The van der Waals surface area contributed by atoms with Crippen LogP contribution in [0.1, 0.15) is 19.3 Å². The number of nitrogens with one attached hydrogen (secondary N) is 2. The summed E-state index contributed by atoms with van der Waals surface area (Å²) < 4.78 is 6.79. The van der Waals surface area contributed by atoms with Crippen LogP contribution in [0, 0.1) is 0 Å². The Labute approximate surface area is 127 Å². The van der Waals surface area contributed by atoms with Crippen LogP contribution in [-0.2, 0) is 4.79 Å². The maximum atomic E-state index is 12.1. The van der Waals surface area contributed by atoms with Crippen LogP contribution in [0.5, 0.6) is 5.75 Å². The number of carbonyl (C=O) groups excluding carboxylic acids is 1. The Morgan fingerprint density at radius 3 is 3.14 bits per heavy atom. The van der Waals surface area contributed by atoms with Gasteiger partial charge in [-0.15, -0.1) is 5.10 Å². The fourth-order valence-electron chi connectivity index (χ4n) is 2.59. The number of anilines is 1. The first-order valence-electron chi connectivity index (χ1n) is 7.21. The molecule has 0 aliphatic carbocycles. The van der Waals surface area contributed by atoms with Gasteiger partial charge in [0.25, 0.3) is 0 Å². The number of amides is 1. The molecule has 1 amide bonds. The lowest BCUT2D eigenvalue weighted by Gasteiger charge is -2.13. The van der Waals surface area contributed by atoms with Crippen molar-refractivity contribution in [1.82, 2.24) is 25.5 Å². The van der Waals surface area contributed by atoms with Crippen molar-refractivity contribution in [2.45, 2.75) is 25.3 Å². The summed E-state index contributed by atoms with van der Waals surface area (Å²) in [7, 11) is 1.58. The first kappa shape index (κ1) is 14.5. The van der Waals surface area contributed by atoms with Gasteiger partial charge in [-0.3, -0.25) is 4.79 Å². The van der Waals surface area contributed by atoms with Crippen molar-refractivity contribution >= 4 is 11.6 Å². The van der Waals surface area contributed by atoms with Crippen molar-refractivity contribution in [3.63, 3.8) is 0 Å². The third-order valence-electron chi connectivity index (χ3n) is 3.65. The van der Waals surface area contributed by atoms with E-state index < -0.39 is 0 Å². The zero-order valence-corrected chi connectivity index (χ0v) is 12.3. The molecule has 2 N–H and O–H groups in total.